The van der Waals surface area contributed by atoms with E-state index in [4.69, 9.17) is 0 Å². The Bertz CT molecular complexity index is 344. The van der Waals surface area contributed by atoms with Gasteiger partial charge < -0.3 is 5.32 Å². The van der Waals surface area contributed by atoms with Gasteiger partial charge in [0.2, 0.25) is 0 Å². The molecule has 0 amide bonds. The van der Waals surface area contributed by atoms with Gasteiger partial charge in [0.1, 0.15) is 0 Å². The Morgan fingerprint density at radius 2 is 2.19 bits per heavy atom. The third-order valence-electron chi connectivity index (χ3n) is 3.91. The molecule has 0 spiro atoms. The third-order valence-corrected chi connectivity index (χ3v) is 5.14. The van der Waals surface area contributed by atoms with Crippen molar-refractivity contribution in [2.45, 2.75) is 52.0 Å². The van der Waals surface area contributed by atoms with Crippen LogP contribution in [0.15, 0.2) is 12.1 Å². The first-order valence-corrected chi connectivity index (χ1v) is 7.22. The molecule has 1 nitrogen and oxygen atoms in total. The number of thiophene rings is 1. The van der Waals surface area contributed by atoms with Crippen LogP contribution in [0.5, 0.6) is 0 Å². The molecule has 0 saturated heterocycles. The molecule has 2 heteroatoms. The van der Waals surface area contributed by atoms with Gasteiger partial charge in [-0.2, -0.15) is 0 Å². The SMILES string of the molecule is CCc1ccc(CC2(C)CCC(NC)C2)s1. The summed E-state index contributed by atoms with van der Waals surface area (Å²) in [6.07, 6.45) is 6.51. The van der Waals surface area contributed by atoms with Crippen LogP contribution < -0.4 is 5.32 Å². The van der Waals surface area contributed by atoms with E-state index in [0.29, 0.717) is 5.41 Å². The van der Waals surface area contributed by atoms with E-state index in [2.05, 4.69) is 38.3 Å². The van der Waals surface area contributed by atoms with E-state index in [1.165, 1.54) is 37.0 Å². The molecule has 2 unspecified atom stereocenters. The van der Waals surface area contributed by atoms with Crippen LogP contribution in [-0.4, -0.2) is 13.1 Å². The molecule has 1 aromatic rings. The fraction of sp³-hybridized carbons (Fsp3) is 0.714. The highest BCUT2D eigenvalue weighted by molar-refractivity contribution is 7.11. The Hall–Kier alpha value is -0.340. The molecule has 1 saturated carbocycles. The summed E-state index contributed by atoms with van der Waals surface area (Å²) in [6.45, 7) is 4.69. The Labute approximate surface area is 103 Å². The predicted molar refractivity (Wildman–Crippen MR) is 72.2 cm³/mol. The van der Waals surface area contributed by atoms with Crippen LogP contribution in [0.4, 0.5) is 0 Å². The molecule has 0 radical (unpaired) electrons. The first-order chi connectivity index (χ1) is 7.65. The zero-order valence-corrected chi connectivity index (χ0v) is 11.5. The van der Waals surface area contributed by atoms with Gasteiger partial charge in [0.15, 0.2) is 0 Å². The van der Waals surface area contributed by atoms with Gasteiger partial charge in [0.05, 0.1) is 0 Å². The zero-order chi connectivity index (χ0) is 11.6. The van der Waals surface area contributed by atoms with Crippen LogP contribution in [-0.2, 0) is 12.8 Å². The van der Waals surface area contributed by atoms with Gasteiger partial charge >= 0.3 is 0 Å². The topological polar surface area (TPSA) is 12.0 Å². The number of hydrogen-bond acceptors (Lipinski definition) is 2. The minimum atomic E-state index is 0.531. The minimum absolute atomic E-state index is 0.531. The molecule has 0 aliphatic heterocycles. The van der Waals surface area contributed by atoms with Crippen LogP contribution in [0.2, 0.25) is 0 Å². The largest absolute Gasteiger partial charge is 0.317 e. The van der Waals surface area contributed by atoms with Crippen LogP contribution in [0.25, 0.3) is 0 Å². The molecule has 1 aromatic heterocycles. The zero-order valence-electron chi connectivity index (χ0n) is 10.7. The van der Waals surface area contributed by atoms with Crippen LogP contribution >= 0.6 is 11.3 Å². The molecule has 1 aliphatic carbocycles. The van der Waals surface area contributed by atoms with Crippen LogP contribution in [0, 0.1) is 5.41 Å². The quantitative estimate of drug-likeness (QED) is 0.843. The minimum Gasteiger partial charge on any atom is -0.317 e. The maximum Gasteiger partial charge on any atom is 0.00695 e. The van der Waals surface area contributed by atoms with Crippen molar-refractivity contribution < 1.29 is 0 Å². The molecule has 1 heterocycles. The van der Waals surface area contributed by atoms with Gasteiger partial charge in [0, 0.05) is 15.8 Å². The van der Waals surface area contributed by atoms with E-state index in [1.807, 2.05) is 11.3 Å². The molecule has 0 bridgehead atoms. The van der Waals surface area contributed by atoms with Gasteiger partial charge in [0.25, 0.3) is 0 Å². The number of aryl methyl sites for hydroxylation is 1. The normalized spacial score (nSPS) is 29.8. The molecule has 1 fully saturated rings. The fourth-order valence-electron chi connectivity index (χ4n) is 2.86. The molecule has 2 atom stereocenters. The van der Waals surface area contributed by atoms with Crippen molar-refractivity contribution in [2.24, 2.45) is 5.41 Å². The van der Waals surface area contributed by atoms with Crippen molar-refractivity contribution in [2.75, 3.05) is 7.05 Å². The second kappa shape index (κ2) is 4.89. The first-order valence-electron chi connectivity index (χ1n) is 6.40. The summed E-state index contributed by atoms with van der Waals surface area (Å²) in [5.41, 5.74) is 0.531. The molecule has 2 rings (SSSR count). The molecule has 1 aliphatic rings. The smallest absolute Gasteiger partial charge is 0.00695 e. The fourth-order valence-corrected chi connectivity index (χ4v) is 4.03. The Morgan fingerprint density at radius 1 is 1.44 bits per heavy atom. The average molecular weight is 237 g/mol. The first kappa shape index (κ1) is 12.1. The molecule has 16 heavy (non-hydrogen) atoms. The molecular weight excluding hydrogens is 214 g/mol. The highest BCUT2D eigenvalue weighted by atomic mass is 32.1. The van der Waals surface area contributed by atoms with Crippen molar-refractivity contribution in [1.82, 2.24) is 5.32 Å². The Kier molecular flexibility index (Phi) is 3.70. The summed E-state index contributed by atoms with van der Waals surface area (Å²) in [6, 6.07) is 5.38. The van der Waals surface area contributed by atoms with Gasteiger partial charge in [-0.05, 0) is 56.7 Å². The highest BCUT2D eigenvalue weighted by Crippen LogP contribution is 2.41. The summed E-state index contributed by atoms with van der Waals surface area (Å²) < 4.78 is 0. The molecule has 90 valence electrons. The van der Waals surface area contributed by atoms with E-state index in [9.17, 15) is 0 Å². The number of rotatable bonds is 4. The predicted octanol–water partition coefficient (Wildman–Crippen LogP) is 3.63. The standard InChI is InChI=1S/C14H23NS/c1-4-12-5-6-13(16-12)10-14(2)8-7-11(9-14)15-3/h5-6,11,15H,4,7-10H2,1-3H3. The van der Waals surface area contributed by atoms with Gasteiger partial charge in [-0.3, -0.25) is 0 Å². The highest BCUT2D eigenvalue weighted by Gasteiger charge is 2.34. The molecule has 1 N–H and O–H groups in total. The Morgan fingerprint density at radius 3 is 2.75 bits per heavy atom. The van der Waals surface area contributed by atoms with Crippen molar-refractivity contribution in [3.8, 4) is 0 Å². The van der Waals surface area contributed by atoms with Gasteiger partial charge in [-0.15, -0.1) is 11.3 Å². The van der Waals surface area contributed by atoms with Crippen molar-refractivity contribution in [3.05, 3.63) is 21.9 Å². The Balaban J connectivity index is 1.98. The second-order valence-corrected chi connectivity index (χ2v) is 6.69. The van der Waals surface area contributed by atoms with Gasteiger partial charge in [-0.1, -0.05) is 13.8 Å². The summed E-state index contributed by atoms with van der Waals surface area (Å²) >= 11 is 2.01. The van der Waals surface area contributed by atoms with Crippen molar-refractivity contribution in [1.29, 1.82) is 0 Å². The number of hydrogen-bond donors (Lipinski definition) is 1. The summed E-state index contributed by atoms with van der Waals surface area (Å²) in [5, 5.41) is 3.42. The van der Waals surface area contributed by atoms with E-state index >= 15 is 0 Å². The summed E-state index contributed by atoms with van der Waals surface area (Å²) in [7, 11) is 2.09. The average Bonchev–Trinajstić information content (AvgIpc) is 2.85. The van der Waals surface area contributed by atoms with Crippen LogP contribution in [0.1, 0.15) is 42.9 Å². The summed E-state index contributed by atoms with van der Waals surface area (Å²) in [5.74, 6) is 0. The molecular formula is C14H23NS. The van der Waals surface area contributed by atoms with Crippen LogP contribution in [0.3, 0.4) is 0 Å². The summed E-state index contributed by atoms with van der Waals surface area (Å²) in [4.78, 5) is 3.11. The number of nitrogens with one attached hydrogen (secondary N) is 1. The van der Waals surface area contributed by atoms with Crippen molar-refractivity contribution in [3.63, 3.8) is 0 Å². The van der Waals surface area contributed by atoms with Gasteiger partial charge in [-0.25, -0.2) is 0 Å². The maximum absolute atomic E-state index is 3.42. The lowest BCUT2D eigenvalue weighted by Crippen LogP contribution is -2.24. The lowest BCUT2D eigenvalue weighted by Gasteiger charge is -2.23. The monoisotopic (exact) mass is 237 g/mol. The van der Waals surface area contributed by atoms with E-state index < -0.39 is 0 Å². The second-order valence-electron chi connectivity index (χ2n) is 5.44. The third kappa shape index (κ3) is 2.67. The van der Waals surface area contributed by atoms with E-state index in [0.717, 1.165) is 6.04 Å². The lowest BCUT2D eigenvalue weighted by molar-refractivity contribution is 0.327. The van der Waals surface area contributed by atoms with E-state index in [-0.39, 0.29) is 0 Å². The van der Waals surface area contributed by atoms with Crippen molar-refractivity contribution >= 4 is 11.3 Å². The molecule has 0 aromatic carbocycles. The van der Waals surface area contributed by atoms with E-state index in [1.54, 1.807) is 4.88 Å². The lowest BCUT2D eigenvalue weighted by atomic mass is 9.84. The maximum atomic E-state index is 3.42.